The zero-order valence-corrected chi connectivity index (χ0v) is 14.5. The van der Waals surface area contributed by atoms with E-state index >= 15 is 0 Å². The highest BCUT2D eigenvalue weighted by Gasteiger charge is 2.34. The second-order valence-corrected chi connectivity index (χ2v) is 6.60. The van der Waals surface area contributed by atoms with Crippen molar-refractivity contribution < 1.29 is 23.1 Å². The summed E-state index contributed by atoms with van der Waals surface area (Å²) in [5, 5.41) is 8.13. The van der Waals surface area contributed by atoms with Crippen LogP contribution in [0.15, 0.2) is 71.9 Å². The summed E-state index contributed by atoms with van der Waals surface area (Å²) < 4.78 is 39.8. The smallest absolute Gasteiger partial charge is 0.433 e. The van der Waals surface area contributed by atoms with Crippen molar-refractivity contribution in [2.45, 2.75) is 16.6 Å². The van der Waals surface area contributed by atoms with E-state index in [9.17, 15) is 23.1 Å². The number of hydrogen-bond donors (Lipinski definition) is 1. The number of benzene rings is 2. The van der Waals surface area contributed by atoms with Gasteiger partial charge in [-0.2, -0.15) is 13.2 Å². The lowest BCUT2D eigenvalue weighted by molar-refractivity contribution is -0.141. The number of carboxylic acids is 1. The van der Waals surface area contributed by atoms with Crippen LogP contribution in [0.3, 0.4) is 0 Å². The van der Waals surface area contributed by atoms with Crippen LogP contribution in [0.2, 0.25) is 0 Å². The number of carboxylic acid groups (broad SMARTS) is 1. The van der Waals surface area contributed by atoms with E-state index in [1.165, 1.54) is 0 Å². The van der Waals surface area contributed by atoms with Gasteiger partial charge in [-0.05, 0) is 11.6 Å². The molecule has 0 unspecified atom stereocenters. The van der Waals surface area contributed by atoms with Gasteiger partial charge < -0.3 is 5.11 Å². The number of carbonyl (C=O) groups is 1. The van der Waals surface area contributed by atoms with Gasteiger partial charge in [-0.1, -0.05) is 72.4 Å². The quantitative estimate of drug-likeness (QED) is 0.486. The first-order chi connectivity index (χ1) is 12.8. The fourth-order valence-corrected chi connectivity index (χ4v) is 3.28. The second-order valence-electron chi connectivity index (χ2n) is 5.53. The zero-order chi connectivity index (χ0) is 19.4. The van der Waals surface area contributed by atoms with Crippen molar-refractivity contribution in [2.24, 2.45) is 0 Å². The Kier molecular flexibility index (Phi) is 5.46. The molecule has 2 aromatic carbocycles. The first kappa shape index (κ1) is 18.9. The van der Waals surface area contributed by atoms with Crippen molar-refractivity contribution in [3.05, 3.63) is 78.0 Å². The summed E-state index contributed by atoms with van der Waals surface area (Å²) in [5.41, 5.74) is -0.107. The third-order valence-corrected chi connectivity index (χ3v) is 4.72. The maximum absolute atomic E-state index is 13.3. The molecule has 1 aromatic heterocycles. The maximum atomic E-state index is 13.3. The molecule has 0 aliphatic carbocycles. The molecular formula is C19H13F3N2O2S. The molecule has 0 amide bonds. The van der Waals surface area contributed by atoms with Crippen molar-refractivity contribution in [2.75, 3.05) is 0 Å². The van der Waals surface area contributed by atoms with E-state index in [1.807, 2.05) is 0 Å². The summed E-state index contributed by atoms with van der Waals surface area (Å²) >= 11 is 0.667. The SMILES string of the molecule is O=C(O)[C@@H](Sc1nc(-c2ccccc2)cc(C(F)(F)F)n1)c1ccccc1. The molecule has 138 valence electrons. The number of alkyl halides is 3. The molecule has 3 rings (SSSR count). The van der Waals surface area contributed by atoms with Crippen LogP contribution in [0.25, 0.3) is 11.3 Å². The Morgan fingerprint density at radius 1 is 0.963 bits per heavy atom. The number of rotatable bonds is 5. The van der Waals surface area contributed by atoms with E-state index < -0.39 is 23.1 Å². The molecule has 27 heavy (non-hydrogen) atoms. The fraction of sp³-hybridized carbons (Fsp3) is 0.105. The van der Waals surface area contributed by atoms with Crippen molar-refractivity contribution in [1.82, 2.24) is 9.97 Å². The molecular weight excluding hydrogens is 377 g/mol. The average Bonchev–Trinajstić information content (AvgIpc) is 2.66. The number of thioether (sulfide) groups is 1. The van der Waals surface area contributed by atoms with Crippen LogP contribution in [0, 0.1) is 0 Å². The summed E-state index contributed by atoms with van der Waals surface area (Å²) in [5.74, 6) is -1.19. The standard InChI is InChI=1S/C19H13F3N2O2S/c20-19(21,22)15-11-14(12-7-3-1-4-8-12)23-18(24-15)27-16(17(25)26)13-9-5-2-6-10-13/h1-11,16H,(H,25,26)/t16-/m0/s1. The first-order valence-corrected chi connectivity index (χ1v) is 8.68. The second kappa shape index (κ2) is 7.79. The normalized spacial score (nSPS) is 12.6. The monoisotopic (exact) mass is 390 g/mol. The predicted octanol–water partition coefficient (Wildman–Crippen LogP) is 5.08. The lowest BCUT2D eigenvalue weighted by atomic mass is 10.1. The van der Waals surface area contributed by atoms with Gasteiger partial charge in [0.1, 0.15) is 10.9 Å². The fourth-order valence-electron chi connectivity index (χ4n) is 2.37. The van der Waals surface area contributed by atoms with Gasteiger partial charge in [-0.15, -0.1) is 0 Å². The van der Waals surface area contributed by atoms with E-state index in [0.717, 1.165) is 6.07 Å². The van der Waals surface area contributed by atoms with E-state index in [2.05, 4.69) is 9.97 Å². The number of halogens is 3. The van der Waals surface area contributed by atoms with Gasteiger partial charge in [-0.3, -0.25) is 4.79 Å². The van der Waals surface area contributed by atoms with Crippen LogP contribution in [0.1, 0.15) is 16.5 Å². The van der Waals surface area contributed by atoms with Crippen LogP contribution >= 0.6 is 11.8 Å². The molecule has 0 bridgehead atoms. The molecule has 1 atom stereocenters. The molecule has 0 aliphatic rings. The van der Waals surface area contributed by atoms with Gasteiger partial charge in [0.2, 0.25) is 0 Å². The summed E-state index contributed by atoms with van der Waals surface area (Å²) in [6, 6.07) is 17.5. The third kappa shape index (κ3) is 4.65. The number of hydrogen-bond acceptors (Lipinski definition) is 4. The molecule has 0 radical (unpaired) electrons. The van der Waals surface area contributed by atoms with Gasteiger partial charge in [0, 0.05) is 5.56 Å². The van der Waals surface area contributed by atoms with Crippen molar-refractivity contribution in [1.29, 1.82) is 0 Å². The molecule has 0 spiro atoms. The Labute approximate surface area is 157 Å². The Hall–Kier alpha value is -2.87. The molecule has 3 aromatic rings. The number of aliphatic carboxylic acids is 1. The topological polar surface area (TPSA) is 63.1 Å². The Bertz CT molecular complexity index is 935. The van der Waals surface area contributed by atoms with Crippen LogP contribution in [0.4, 0.5) is 13.2 Å². The molecule has 1 N–H and O–H groups in total. The summed E-state index contributed by atoms with van der Waals surface area (Å²) in [6.07, 6.45) is -4.67. The van der Waals surface area contributed by atoms with Crippen LogP contribution in [-0.2, 0) is 11.0 Å². The van der Waals surface area contributed by atoms with Crippen molar-refractivity contribution in [3.63, 3.8) is 0 Å². The van der Waals surface area contributed by atoms with E-state index in [1.54, 1.807) is 60.7 Å². The first-order valence-electron chi connectivity index (χ1n) is 7.80. The molecule has 1 heterocycles. The molecule has 0 saturated heterocycles. The van der Waals surface area contributed by atoms with Gasteiger partial charge in [0.15, 0.2) is 5.16 Å². The zero-order valence-electron chi connectivity index (χ0n) is 13.7. The van der Waals surface area contributed by atoms with E-state index in [4.69, 9.17) is 0 Å². The van der Waals surface area contributed by atoms with Gasteiger partial charge in [0.05, 0.1) is 5.69 Å². The lowest BCUT2D eigenvalue weighted by Crippen LogP contribution is -2.12. The summed E-state index contributed by atoms with van der Waals surface area (Å²) in [4.78, 5) is 19.3. The van der Waals surface area contributed by atoms with Gasteiger partial charge in [0.25, 0.3) is 0 Å². The molecule has 4 nitrogen and oxygen atoms in total. The molecule has 0 fully saturated rings. The highest BCUT2D eigenvalue weighted by Crippen LogP contribution is 2.37. The number of aromatic nitrogens is 2. The molecule has 0 saturated carbocycles. The van der Waals surface area contributed by atoms with Crippen molar-refractivity contribution in [3.8, 4) is 11.3 Å². The highest BCUT2D eigenvalue weighted by atomic mass is 32.2. The van der Waals surface area contributed by atoms with Crippen LogP contribution < -0.4 is 0 Å². The lowest BCUT2D eigenvalue weighted by Gasteiger charge is -2.14. The predicted molar refractivity (Wildman–Crippen MR) is 95.1 cm³/mol. The summed E-state index contributed by atoms with van der Waals surface area (Å²) in [7, 11) is 0. The van der Waals surface area contributed by atoms with Crippen LogP contribution in [-0.4, -0.2) is 21.0 Å². The third-order valence-electron chi connectivity index (χ3n) is 3.62. The van der Waals surface area contributed by atoms with Gasteiger partial charge >= 0.3 is 12.1 Å². The van der Waals surface area contributed by atoms with Crippen LogP contribution in [0.5, 0.6) is 0 Å². The minimum atomic E-state index is -4.67. The van der Waals surface area contributed by atoms with E-state index in [-0.39, 0.29) is 10.9 Å². The molecule has 0 aliphatic heterocycles. The van der Waals surface area contributed by atoms with Gasteiger partial charge in [-0.25, -0.2) is 9.97 Å². The van der Waals surface area contributed by atoms with Crippen molar-refractivity contribution >= 4 is 17.7 Å². The minimum absolute atomic E-state index is 0.0811. The van der Waals surface area contributed by atoms with E-state index in [0.29, 0.717) is 22.9 Å². The Morgan fingerprint density at radius 3 is 2.11 bits per heavy atom. The number of nitrogens with zero attached hydrogens (tertiary/aromatic N) is 2. The Balaban J connectivity index is 2.05. The maximum Gasteiger partial charge on any atom is 0.433 e. The highest BCUT2D eigenvalue weighted by molar-refractivity contribution is 8.00. The minimum Gasteiger partial charge on any atom is -0.480 e. The Morgan fingerprint density at radius 2 is 1.56 bits per heavy atom. The largest absolute Gasteiger partial charge is 0.480 e. The average molecular weight is 390 g/mol. The summed E-state index contributed by atoms with van der Waals surface area (Å²) in [6.45, 7) is 0. The molecule has 8 heteroatoms.